The van der Waals surface area contributed by atoms with Gasteiger partial charge in [0.2, 0.25) is 0 Å². The lowest BCUT2D eigenvalue weighted by atomic mass is 10.0. The van der Waals surface area contributed by atoms with Gasteiger partial charge in [0.25, 0.3) is 0 Å². The molecule has 0 radical (unpaired) electrons. The van der Waals surface area contributed by atoms with Crippen molar-refractivity contribution in [3.05, 3.63) is 48.3 Å². The van der Waals surface area contributed by atoms with Crippen molar-refractivity contribution in [2.75, 3.05) is 6.54 Å². The fraction of sp³-hybridized carbons (Fsp3) is 0.742. The summed E-state index contributed by atoms with van der Waals surface area (Å²) in [6, 6.07) is 11.0. The minimum atomic E-state index is 0.554. The first-order chi connectivity index (χ1) is 16.3. The zero-order valence-corrected chi connectivity index (χ0v) is 22.2. The molecule has 0 aromatic heterocycles. The molecule has 1 heterocycles. The maximum absolute atomic E-state index is 2.62. The van der Waals surface area contributed by atoms with E-state index in [0.29, 0.717) is 6.17 Å². The van der Waals surface area contributed by atoms with Gasteiger partial charge in [-0.2, -0.15) is 0 Å². The minimum Gasteiger partial charge on any atom is -0.356 e. The van der Waals surface area contributed by atoms with Crippen LogP contribution in [0.1, 0.15) is 135 Å². The average Bonchev–Trinajstić information content (AvgIpc) is 3.21. The van der Waals surface area contributed by atoms with Crippen LogP contribution in [-0.4, -0.2) is 22.5 Å². The largest absolute Gasteiger partial charge is 0.356 e. The second kappa shape index (κ2) is 18.9. The summed E-state index contributed by atoms with van der Waals surface area (Å²) in [4.78, 5) is 5.19. The highest BCUT2D eigenvalue weighted by atomic mass is 15.4. The standard InChI is InChI=1S/C31H54N2/c1-3-5-7-8-9-10-11-12-13-14-15-16-17-22-26-32-27-28-33(31(32)25-19-6-4-2)29-30-23-20-18-21-24-30/h18,20-21,23-24,27-28,31H,3-17,19,22,25-26,29H2,1-2H3. The van der Waals surface area contributed by atoms with Crippen LogP contribution in [0.4, 0.5) is 0 Å². The molecule has 0 saturated heterocycles. The maximum Gasteiger partial charge on any atom is 0.101 e. The molecule has 1 atom stereocenters. The van der Waals surface area contributed by atoms with Gasteiger partial charge < -0.3 is 9.80 Å². The van der Waals surface area contributed by atoms with Gasteiger partial charge in [0.15, 0.2) is 0 Å². The van der Waals surface area contributed by atoms with Crippen molar-refractivity contribution < 1.29 is 0 Å². The second-order valence-electron chi connectivity index (χ2n) is 10.3. The first-order valence-electron chi connectivity index (χ1n) is 14.6. The van der Waals surface area contributed by atoms with Crippen LogP contribution in [0.25, 0.3) is 0 Å². The van der Waals surface area contributed by atoms with Gasteiger partial charge in [0.05, 0.1) is 0 Å². The third-order valence-electron chi connectivity index (χ3n) is 7.26. The van der Waals surface area contributed by atoms with Crippen molar-refractivity contribution in [3.63, 3.8) is 0 Å². The van der Waals surface area contributed by atoms with Gasteiger partial charge in [-0.3, -0.25) is 0 Å². The number of nitrogens with zero attached hydrogens (tertiary/aromatic N) is 2. The molecule has 2 rings (SSSR count). The Morgan fingerprint density at radius 1 is 0.545 bits per heavy atom. The smallest absolute Gasteiger partial charge is 0.101 e. The molecule has 188 valence electrons. The monoisotopic (exact) mass is 454 g/mol. The molecule has 1 aliphatic heterocycles. The van der Waals surface area contributed by atoms with E-state index in [1.165, 1.54) is 128 Å². The van der Waals surface area contributed by atoms with Gasteiger partial charge in [-0.1, -0.05) is 140 Å². The fourth-order valence-corrected chi connectivity index (χ4v) is 5.13. The average molecular weight is 455 g/mol. The highest BCUT2D eigenvalue weighted by Gasteiger charge is 2.25. The molecule has 2 heteroatoms. The van der Waals surface area contributed by atoms with Crippen molar-refractivity contribution in [1.82, 2.24) is 9.80 Å². The van der Waals surface area contributed by atoms with Crippen LogP contribution < -0.4 is 0 Å². The Balaban J connectivity index is 1.53. The van der Waals surface area contributed by atoms with E-state index in [1.807, 2.05) is 0 Å². The number of hydrogen-bond donors (Lipinski definition) is 0. The van der Waals surface area contributed by atoms with Crippen molar-refractivity contribution in [3.8, 4) is 0 Å². The third-order valence-corrected chi connectivity index (χ3v) is 7.26. The Kier molecular flexibility index (Phi) is 15.9. The molecule has 2 nitrogen and oxygen atoms in total. The molecule has 1 unspecified atom stereocenters. The van der Waals surface area contributed by atoms with Gasteiger partial charge in [0.1, 0.15) is 6.17 Å². The lowest BCUT2D eigenvalue weighted by Crippen LogP contribution is -2.38. The Hall–Kier alpha value is -1.44. The number of unbranched alkanes of at least 4 members (excludes halogenated alkanes) is 15. The first-order valence-corrected chi connectivity index (χ1v) is 14.6. The van der Waals surface area contributed by atoms with Crippen LogP contribution in [0.15, 0.2) is 42.7 Å². The summed E-state index contributed by atoms with van der Waals surface area (Å²) in [6.45, 7) is 6.86. The molecule has 0 amide bonds. The highest BCUT2D eigenvalue weighted by Crippen LogP contribution is 2.24. The molecule has 1 aromatic carbocycles. The molecule has 1 aromatic rings. The molecule has 0 spiro atoms. The summed E-state index contributed by atoms with van der Waals surface area (Å²) in [6.07, 6.45) is 30.6. The number of hydrogen-bond acceptors (Lipinski definition) is 2. The molecule has 0 N–H and O–H groups in total. The quantitative estimate of drug-likeness (QED) is 0.171. The zero-order valence-electron chi connectivity index (χ0n) is 22.2. The minimum absolute atomic E-state index is 0.554. The Morgan fingerprint density at radius 2 is 1.03 bits per heavy atom. The van der Waals surface area contributed by atoms with E-state index in [4.69, 9.17) is 0 Å². The lowest BCUT2D eigenvalue weighted by molar-refractivity contribution is 0.132. The number of benzene rings is 1. The van der Waals surface area contributed by atoms with E-state index >= 15 is 0 Å². The van der Waals surface area contributed by atoms with E-state index in [1.54, 1.807) is 0 Å². The molecule has 0 bridgehead atoms. The van der Waals surface area contributed by atoms with Crippen LogP contribution in [0, 0.1) is 0 Å². The van der Waals surface area contributed by atoms with Crippen LogP contribution in [0.5, 0.6) is 0 Å². The summed E-state index contributed by atoms with van der Waals surface area (Å²) >= 11 is 0. The predicted molar refractivity (Wildman–Crippen MR) is 146 cm³/mol. The van der Waals surface area contributed by atoms with E-state index in [-0.39, 0.29) is 0 Å². The maximum atomic E-state index is 2.62. The van der Waals surface area contributed by atoms with Crippen LogP contribution in [0.3, 0.4) is 0 Å². The van der Waals surface area contributed by atoms with Gasteiger partial charge in [-0.25, -0.2) is 0 Å². The summed E-state index contributed by atoms with van der Waals surface area (Å²) in [5.41, 5.74) is 1.42. The fourth-order valence-electron chi connectivity index (χ4n) is 5.13. The van der Waals surface area contributed by atoms with Crippen molar-refractivity contribution in [2.45, 2.75) is 142 Å². The first kappa shape index (κ1) is 27.8. The molecule has 33 heavy (non-hydrogen) atoms. The van der Waals surface area contributed by atoms with Crippen LogP contribution >= 0.6 is 0 Å². The molecular weight excluding hydrogens is 400 g/mol. The van der Waals surface area contributed by atoms with Crippen LogP contribution in [-0.2, 0) is 6.54 Å². The van der Waals surface area contributed by atoms with Crippen molar-refractivity contribution in [2.24, 2.45) is 0 Å². The van der Waals surface area contributed by atoms with E-state index in [9.17, 15) is 0 Å². The van der Waals surface area contributed by atoms with Gasteiger partial charge >= 0.3 is 0 Å². The second-order valence-corrected chi connectivity index (χ2v) is 10.3. The summed E-state index contributed by atoms with van der Waals surface area (Å²) in [5.74, 6) is 0. The van der Waals surface area contributed by atoms with Gasteiger partial charge in [0, 0.05) is 25.5 Å². The summed E-state index contributed by atoms with van der Waals surface area (Å²) in [7, 11) is 0. The Morgan fingerprint density at radius 3 is 1.61 bits per heavy atom. The van der Waals surface area contributed by atoms with E-state index in [2.05, 4.69) is 66.4 Å². The Labute approximate surface area is 206 Å². The predicted octanol–water partition coefficient (Wildman–Crippen LogP) is 9.66. The number of rotatable bonds is 21. The topological polar surface area (TPSA) is 6.48 Å². The van der Waals surface area contributed by atoms with Crippen molar-refractivity contribution in [1.29, 1.82) is 0 Å². The zero-order chi connectivity index (χ0) is 23.4. The highest BCUT2D eigenvalue weighted by molar-refractivity contribution is 5.15. The van der Waals surface area contributed by atoms with Crippen LogP contribution in [0.2, 0.25) is 0 Å². The van der Waals surface area contributed by atoms with E-state index < -0.39 is 0 Å². The Bertz CT molecular complexity index is 582. The molecule has 0 saturated carbocycles. The van der Waals surface area contributed by atoms with Gasteiger partial charge in [-0.15, -0.1) is 0 Å². The molecule has 0 fully saturated rings. The summed E-state index contributed by atoms with van der Waals surface area (Å²) in [5, 5.41) is 0. The SMILES string of the molecule is CCCCCCCCCCCCCCCCN1C=CN(Cc2ccccc2)C1CCCCC. The molecular formula is C31H54N2. The molecule has 0 aliphatic carbocycles. The lowest BCUT2D eigenvalue weighted by Gasteiger charge is -2.33. The van der Waals surface area contributed by atoms with Crippen molar-refractivity contribution >= 4 is 0 Å². The third kappa shape index (κ3) is 12.6. The normalized spacial score (nSPS) is 15.6. The summed E-state index contributed by atoms with van der Waals surface area (Å²) < 4.78 is 0. The van der Waals surface area contributed by atoms with E-state index in [0.717, 1.165) is 6.54 Å². The molecule has 1 aliphatic rings. The van der Waals surface area contributed by atoms with Gasteiger partial charge in [-0.05, 0) is 24.8 Å².